The molecule has 0 saturated carbocycles. The Morgan fingerprint density at radius 2 is 1.52 bits per heavy atom. The molecule has 0 spiro atoms. The van der Waals surface area contributed by atoms with E-state index in [1.54, 1.807) is 18.5 Å². The number of benzene rings is 4. The standard InChI is InChI=1S/C40H26F3N5O.Pt/c1-39(2,3)30-20-24(36-37-33(16-18-45-36)48-38(46-37)31(22-49-48)40(41,42)43)19-29-25(10-8-11-26(29)30)23-14-15-28-27-9-4-5-12-32(27)47(34(28)21-23)35-13-6-7-17-44-35;/h4-18,20,22H,1-3H3;/q-2;+2. The minimum absolute atomic E-state index is 0. The van der Waals surface area contributed by atoms with Gasteiger partial charge in [0.15, 0.2) is 5.65 Å². The summed E-state index contributed by atoms with van der Waals surface area (Å²) in [5, 5.41) is 4.02. The van der Waals surface area contributed by atoms with Gasteiger partial charge in [0.05, 0.1) is 5.52 Å². The van der Waals surface area contributed by atoms with Crippen molar-refractivity contribution in [2.24, 2.45) is 0 Å². The van der Waals surface area contributed by atoms with Gasteiger partial charge < -0.3 is 9.09 Å². The van der Waals surface area contributed by atoms with E-state index in [2.05, 4.69) is 82.8 Å². The monoisotopic (exact) mass is 844 g/mol. The summed E-state index contributed by atoms with van der Waals surface area (Å²) < 4.78 is 50.0. The number of hydrogen-bond acceptors (Lipinski definition) is 4. The molecule has 0 aliphatic heterocycles. The number of imidazole rings is 1. The van der Waals surface area contributed by atoms with E-state index in [1.807, 2.05) is 48.5 Å². The number of halogens is 3. The van der Waals surface area contributed by atoms with Crippen LogP contribution in [0, 0.1) is 12.1 Å². The maximum absolute atomic E-state index is 13.8. The van der Waals surface area contributed by atoms with Crippen molar-refractivity contribution in [1.29, 1.82) is 0 Å². The van der Waals surface area contributed by atoms with Gasteiger partial charge in [-0.2, -0.15) is 17.7 Å². The maximum atomic E-state index is 13.8. The van der Waals surface area contributed by atoms with Gasteiger partial charge in [-0.1, -0.05) is 79.6 Å². The van der Waals surface area contributed by atoms with Crippen LogP contribution in [0.15, 0.2) is 108 Å². The van der Waals surface area contributed by atoms with Gasteiger partial charge in [-0.15, -0.1) is 52.4 Å². The third-order valence-electron chi connectivity index (χ3n) is 9.07. The average molecular weight is 845 g/mol. The zero-order chi connectivity index (χ0) is 33.7. The van der Waals surface area contributed by atoms with Crippen LogP contribution in [0.4, 0.5) is 13.2 Å². The molecule has 0 amide bonds. The van der Waals surface area contributed by atoms with Crippen LogP contribution >= 0.6 is 0 Å². The van der Waals surface area contributed by atoms with Crippen LogP contribution < -0.4 is 0 Å². The van der Waals surface area contributed by atoms with E-state index in [1.165, 1.54) is 0 Å². The molecule has 0 fully saturated rings. The first-order valence-corrected chi connectivity index (χ1v) is 15.8. The molecule has 4 aromatic carbocycles. The predicted octanol–water partition coefficient (Wildman–Crippen LogP) is 10.4. The van der Waals surface area contributed by atoms with Crippen LogP contribution in [0.1, 0.15) is 31.9 Å². The molecule has 5 heterocycles. The average Bonchev–Trinajstić information content (AvgIpc) is 3.77. The Bertz CT molecular complexity index is 2760. The molecule has 9 rings (SSSR count). The van der Waals surface area contributed by atoms with E-state index in [0.717, 1.165) is 59.7 Å². The third kappa shape index (κ3) is 4.86. The van der Waals surface area contributed by atoms with Gasteiger partial charge in [-0.05, 0) is 40.6 Å². The number of hydrogen-bond donors (Lipinski definition) is 0. The number of rotatable bonds is 3. The van der Waals surface area contributed by atoms with Crippen molar-refractivity contribution in [1.82, 2.24) is 24.1 Å². The summed E-state index contributed by atoms with van der Waals surface area (Å²) in [7, 11) is 0. The van der Waals surface area contributed by atoms with Gasteiger partial charge in [-0.3, -0.25) is 4.98 Å². The second kappa shape index (κ2) is 11.4. The summed E-state index contributed by atoms with van der Waals surface area (Å²) in [4.78, 5) is 13.7. The molecule has 5 aromatic heterocycles. The van der Waals surface area contributed by atoms with Crippen molar-refractivity contribution in [2.75, 3.05) is 0 Å². The van der Waals surface area contributed by atoms with Crippen LogP contribution in [0.3, 0.4) is 0 Å². The fourth-order valence-electron chi connectivity index (χ4n) is 6.86. The van der Waals surface area contributed by atoms with Crippen LogP contribution in [0.25, 0.3) is 77.5 Å². The summed E-state index contributed by atoms with van der Waals surface area (Å²) in [5.41, 5.74) is 4.93. The number of pyridine rings is 2. The van der Waals surface area contributed by atoms with Crippen molar-refractivity contribution >= 4 is 49.3 Å². The quantitative estimate of drug-likeness (QED) is 0.166. The Morgan fingerprint density at radius 1 is 0.720 bits per heavy atom. The Hall–Kier alpha value is -5.27. The van der Waals surface area contributed by atoms with E-state index in [0.29, 0.717) is 28.6 Å². The first-order valence-electron chi connectivity index (χ1n) is 15.8. The molecular weight excluding hydrogens is 819 g/mol. The van der Waals surface area contributed by atoms with Gasteiger partial charge in [0.25, 0.3) is 0 Å². The van der Waals surface area contributed by atoms with E-state index in [9.17, 15) is 13.2 Å². The van der Waals surface area contributed by atoms with Crippen molar-refractivity contribution in [2.45, 2.75) is 32.4 Å². The number of nitrogens with zero attached hydrogens (tertiary/aromatic N) is 5. The first-order chi connectivity index (χ1) is 23.6. The van der Waals surface area contributed by atoms with Crippen LogP contribution in [-0.2, 0) is 32.7 Å². The van der Waals surface area contributed by atoms with Crippen molar-refractivity contribution in [3.8, 4) is 28.2 Å². The minimum atomic E-state index is -4.62. The van der Waals surface area contributed by atoms with E-state index in [4.69, 9.17) is 4.52 Å². The van der Waals surface area contributed by atoms with E-state index in [-0.39, 0.29) is 32.1 Å². The summed E-state index contributed by atoms with van der Waals surface area (Å²) in [6.07, 6.45) is -0.591. The predicted molar refractivity (Wildman–Crippen MR) is 185 cm³/mol. The zero-order valence-electron chi connectivity index (χ0n) is 26.9. The molecule has 0 saturated heterocycles. The molecule has 0 aliphatic carbocycles. The topological polar surface area (TPSA) is 61.1 Å². The SMILES string of the molecule is CC(C)(C)c1cc(-c2nccc3c2nc2c(C(F)(F)F)con23)[c-]c2c(-c3[c-]c4c(cc3)c3ccccc3n4-c3ccccn3)cccc12.[Pt+2]. The molecule has 0 bridgehead atoms. The minimum Gasteiger partial charge on any atom is -0.380 e. The zero-order valence-corrected chi connectivity index (χ0v) is 29.2. The van der Waals surface area contributed by atoms with Crippen molar-refractivity contribution in [3.63, 3.8) is 0 Å². The molecule has 6 nitrogen and oxygen atoms in total. The Balaban J connectivity index is 0.00000361. The smallest absolute Gasteiger partial charge is 0.380 e. The molecule has 0 unspecified atom stereocenters. The summed E-state index contributed by atoms with van der Waals surface area (Å²) in [6, 6.07) is 35.4. The fraction of sp³-hybridized carbons (Fsp3) is 0.125. The van der Waals surface area contributed by atoms with Gasteiger partial charge >= 0.3 is 27.2 Å². The summed E-state index contributed by atoms with van der Waals surface area (Å²) in [5.74, 6) is 0.794. The Kier molecular flexibility index (Phi) is 7.28. The normalized spacial score (nSPS) is 12.4. The number of fused-ring (bicyclic) bond motifs is 7. The third-order valence-corrected chi connectivity index (χ3v) is 9.07. The van der Waals surface area contributed by atoms with Gasteiger partial charge in [0.2, 0.25) is 0 Å². The Morgan fingerprint density at radius 3 is 2.30 bits per heavy atom. The summed E-state index contributed by atoms with van der Waals surface area (Å²) >= 11 is 0. The number of alkyl halides is 3. The molecular formula is C40H26F3N5OPt. The molecule has 9 aromatic rings. The van der Waals surface area contributed by atoms with Crippen LogP contribution in [0.5, 0.6) is 0 Å². The molecule has 0 N–H and O–H groups in total. The molecule has 0 aliphatic rings. The molecule has 10 heteroatoms. The fourth-order valence-corrected chi connectivity index (χ4v) is 6.86. The van der Waals surface area contributed by atoms with Crippen molar-refractivity contribution < 1.29 is 38.8 Å². The van der Waals surface area contributed by atoms with E-state index < -0.39 is 11.7 Å². The molecule has 248 valence electrons. The molecule has 50 heavy (non-hydrogen) atoms. The number of para-hydroxylation sites is 1. The second-order valence-corrected chi connectivity index (χ2v) is 13.1. The van der Waals surface area contributed by atoms with Gasteiger partial charge in [0.1, 0.15) is 23.2 Å². The van der Waals surface area contributed by atoms with Crippen LogP contribution in [-0.4, -0.2) is 24.1 Å². The van der Waals surface area contributed by atoms with E-state index >= 15 is 0 Å². The molecule has 0 atom stereocenters. The van der Waals surface area contributed by atoms with Gasteiger partial charge in [0, 0.05) is 23.6 Å². The van der Waals surface area contributed by atoms with Crippen molar-refractivity contribution in [3.05, 3.63) is 127 Å². The maximum Gasteiger partial charge on any atom is 2.00 e. The summed E-state index contributed by atoms with van der Waals surface area (Å²) in [6.45, 7) is 6.40. The Labute approximate surface area is 298 Å². The first kappa shape index (κ1) is 32.0. The second-order valence-electron chi connectivity index (χ2n) is 13.1. The molecule has 0 radical (unpaired) electrons. The van der Waals surface area contributed by atoms with Crippen LogP contribution in [0.2, 0.25) is 0 Å². The largest absolute Gasteiger partial charge is 2.00 e. The number of aromatic nitrogens is 5. The van der Waals surface area contributed by atoms with Gasteiger partial charge in [-0.25, -0.2) is 9.97 Å².